The molecule has 0 bridgehead atoms. The first-order valence-corrected chi connectivity index (χ1v) is 9.00. The van der Waals surface area contributed by atoms with Crippen LogP contribution in [0.5, 0.6) is 0 Å². The smallest absolute Gasteiger partial charge is 0.0587 e. The number of methoxy groups -OCH3 is 1. The van der Waals surface area contributed by atoms with Crippen LogP contribution < -0.4 is 5.32 Å². The van der Waals surface area contributed by atoms with Crippen molar-refractivity contribution in [3.63, 3.8) is 0 Å². The predicted octanol–water partition coefficient (Wildman–Crippen LogP) is 3.66. The van der Waals surface area contributed by atoms with Crippen LogP contribution in [0.1, 0.15) is 18.9 Å². The van der Waals surface area contributed by atoms with Crippen molar-refractivity contribution in [3.8, 4) is 0 Å². The molecule has 0 radical (unpaired) electrons. The molecule has 0 aliphatic heterocycles. The van der Waals surface area contributed by atoms with E-state index in [0.29, 0.717) is 0 Å². The highest BCUT2D eigenvalue weighted by Gasteiger charge is 1.96. The van der Waals surface area contributed by atoms with Crippen molar-refractivity contribution in [3.05, 3.63) is 29.8 Å². The van der Waals surface area contributed by atoms with Gasteiger partial charge in [0, 0.05) is 25.1 Å². The molecule has 0 atom stereocenters. The van der Waals surface area contributed by atoms with E-state index in [0.717, 1.165) is 19.7 Å². The minimum Gasteiger partial charge on any atom is -0.383 e. The molecular weight excluding hydrogens is 274 g/mol. The van der Waals surface area contributed by atoms with Crippen LogP contribution in [0.4, 0.5) is 0 Å². The summed E-state index contributed by atoms with van der Waals surface area (Å²) in [6.45, 7) is 4.81. The predicted molar refractivity (Wildman–Crippen MR) is 88.4 cm³/mol. The molecule has 19 heavy (non-hydrogen) atoms. The standard InChI is InChI=1S/C15H25NOS2/c1-3-18-11-4-12-19-15-7-5-14(6-8-15)13-16-9-10-17-2/h5-8,16H,3-4,9-13H2,1-2H3. The summed E-state index contributed by atoms with van der Waals surface area (Å²) in [5, 5.41) is 3.35. The summed E-state index contributed by atoms with van der Waals surface area (Å²) >= 11 is 3.98. The van der Waals surface area contributed by atoms with E-state index in [-0.39, 0.29) is 0 Å². The normalized spacial score (nSPS) is 10.8. The zero-order chi connectivity index (χ0) is 13.8. The summed E-state index contributed by atoms with van der Waals surface area (Å²) in [5.41, 5.74) is 1.34. The molecule has 108 valence electrons. The van der Waals surface area contributed by atoms with Gasteiger partial charge in [-0.05, 0) is 41.4 Å². The first-order chi connectivity index (χ1) is 9.36. The summed E-state index contributed by atoms with van der Waals surface area (Å²) < 4.78 is 5.00. The van der Waals surface area contributed by atoms with Crippen LogP contribution >= 0.6 is 23.5 Å². The van der Waals surface area contributed by atoms with Gasteiger partial charge < -0.3 is 10.1 Å². The van der Waals surface area contributed by atoms with Gasteiger partial charge in [-0.2, -0.15) is 11.8 Å². The van der Waals surface area contributed by atoms with Crippen LogP contribution in [0.15, 0.2) is 29.2 Å². The van der Waals surface area contributed by atoms with Gasteiger partial charge in [-0.25, -0.2) is 0 Å². The molecule has 0 aliphatic carbocycles. The second-order valence-electron chi connectivity index (χ2n) is 4.21. The maximum absolute atomic E-state index is 5.00. The Bertz CT molecular complexity index is 316. The molecule has 0 aliphatic rings. The second-order valence-corrected chi connectivity index (χ2v) is 6.77. The fourth-order valence-electron chi connectivity index (χ4n) is 1.61. The highest BCUT2D eigenvalue weighted by molar-refractivity contribution is 8.00. The number of rotatable bonds is 11. The van der Waals surface area contributed by atoms with Gasteiger partial charge in [0.05, 0.1) is 6.61 Å². The second kappa shape index (κ2) is 11.6. The molecule has 1 rings (SSSR count). The lowest BCUT2D eigenvalue weighted by molar-refractivity contribution is 0.199. The molecule has 0 aromatic heterocycles. The van der Waals surface area contributed by atoms with Gasteiger partial charge >= 0.3 is 0 Å². The van der Waals surface area contributed by atoms with E-state index in [1.807, 2.05) is 23.5 Å². The van der Waals surface area contributed by atoms with Crippen LogP contribution in [0.25, 0.3) is 0 Å². The van der Waals surface area contributed by atoms with Crippen molar-refractivity contribution in [1.82, 2.24) is 5.32 Å². The van der Waals surface area contributed by atoms with Crippen molar-refractivity contribution in [2.45, 2.75) is 24.8 Å². The Hall–Kier alpha value is -0.160. The first-order valence-electron chi connectivity index (χ1n) is 6.86. The summed E-state index contributed by atoms with van der Waals surface area (Å²) in [6, 6.07) is 8.88. The van der Waals surface area contributed by atoms with Gasteiger partial charge in [0.25, 0.3) is 0 Å². The van der Waals surface area contributed by atoms with Gasteiger partial charge in [-0.3, -0.25) is 0 Å². The molecule has 1 N–H and O–H groups in total. The Morgan fingerprint density at radius 2 is 1.95 bits per heavy atom. The highest BCUT2D eigenvalue weighted by Crippen LogP contribution is 2.20. The lowest BCUT2D eigenvalue weighted by Crippen LogP contribution is -2.18. The third kappa shape index (κ3) is 8.58. The lowest BCUT2D eigenvalue weighted by atomic mass is 10.2. The fraction of sp³-hybridized carbons (Fsp3) is 0.600. The zero-order valence-electron chi connectivity index (χ0n) is 12.0. The van der Waals surface area contributed by atoms with Crippen molar-refractivity contribution in [2.75, 3.05) is 37.5 Å². The summed E-state index contributed by atoms with van der Waals surface area (Å²) in [4.78, 5) is 1.38. The summed E-state index contributed by atoms with van der Waals surface area (Å²) in [6.07, 6.45) is 1.30. The third-order valence-corrected chi connectivity index (χ3v) is 4.73. The third-order valence-electron chi connectivity index (χ3n) is 2.64. The Morgan fingerprint density at radius 1 is 1.16 bits per heavy atom. The molecule has 0 amide bonds. The molecule has 0 spiro atoms. The van der Waals surface area contributed by atoms with E-state index >= 15 is 0 Å². The van der Waals surface area contributed by atoms with Crippen molar-refractivity contribution < 1.29 is 4.74 Å². The highest BCUT2D eigenvalue weighted by atomic mass is 32.2. The van der Waals surface area contributed by atoms with Gasteiger partial charge in [0.15, 0.2) is 0 Å². The van der Waals surface area contributed by atoms with E-state index in [1.165, 1.54) is 34.1 Å². The minimum absolute atomic E-state index is 0.768. The summed E-state index contributed by atoms with van der Waals surface area (Å²) in [5.74, 6) is 3.73. The Balaban J connectivity index is 2.16. The topological polar surface area (TPSA) is 21.3 Å². The molecule has 1 aromatic carbocycles. The van der Waals surface area contributed by atoms with Gasteiger partial charge in [0.2, 0.25) is 0 Å². The molecular formula is C15H25NOS2. The molecule has 0 fully saturated rings. The average molecular weight is 300 g/mol. The van der Waals surface area contributed by atoms with Crippen LogP contribution in [-0.2, 0) is 11.3 Å². The van der Waals surface area contributed by atoms with Gasteiger partial charge in [-0.15, -0.1) is 11.8 Å². The van der Waals surface area contributed by atoms with Crippen LogP contribution in [0.2, 0.25) is 0 Å². The van der Waals surface area contributed by atoms with Gasteiger partial charge in [-0.1, -0.05) is 19.1 Å². The van der Waals surface area contributed by atoms with E-state index in [1.54, 1.807) is 7.11 Å². The molecule has 1 aromatic rings. The average Bonchev–Trinajstić information content (AvgIpc) is 2.45. The SMILES string of the molecule is CCSCCCSc1ccc(CNCCOC)cc1. The Kier molecular flexibility index (Phi) is 10.4. The molecule has 2 nitrogen and oxygen atoms in total. The number of hydrogen-bond donors (Lipinski definition) is 1. The number of thioether (sulfide) groups is 2. The molecule has 0 heterocycles. The molecule has 0 saturated heterocycles. The van der Waals surface area contributed by atoms with Gasteiger partial charge in [0.1, 0.15) is 0 Å². The maximum Gasteiger partial charge on any atom is 0.0587 e. The number of benzene rings is 1. The Morgan fingerprint density at radius 3 is 2.63 bits per heavy atom. The zero-order valence-corrected chi connectivity index (χ0v) is 13.6. The molecule has 4 heteroatoms. The van der Waals surface area contributed by atoms with E-state index in [9.17, 15) is 0 Å². The van der Waals surface area contributed by atoms with E-state index in [2.05, 4.69) is 36.5 Å². The minimum atomic E-state index is 0.768. The lowest BCUT2D eigenvalue weighted by Gasteiger charge is -2.06. The van der Waals surface area contributed by atoms with Crippen LogP contribution in [-0.4, -0.2) is 37.5 Å². The number of ether oxygens (including phenoxy) is 1. The van der Waals surface area contributed by atoms with E-state index in [4.69, 9.17) is 4.74 Å². The maximum atomic E-state index is 5.00. The van der Waals surface area contributed by atoms with Crippen molar-refractivity contribution >= 4 is 23.5 Å². The molecule has 0 saturated carbocycles. The summed E-state index contributed by atoms with van der Waals surface area (Å²) in [7, 11) is 1.73. The van der Waals surface area contributed by atoms with Crippen molar-refractivity contribution in [2.24, 2.45) is 0 Å². The Labute approximate surface area is 126 Å². The van der Waals surface area contributed by atoms with Crippen LogP contribution in [0, 0.1) is 0 Å². The first kappa shape index (κ1) is 16.9. The quantitative estimate of drug-likeness (QED) is 0.497. The molecule has 0 unspecified atom stereocenters. The van der Waals surface area contributed by atoms with E-state index < -0.39 is 0 Å². The number of nitrogens with one attached hydrogen (secondary N) is 1. The fourth-order valence-corrected chi connectivity index (χ4v) is 3.28. The van der Waals surface area contributed by atoms with Crippen molar-refractivity contribution in [1.29, 1.82) is 0 Å². The number of hydrogen-bond acceptors (Lipinski definition) is 4. The largest absolute Gasteiger partial charge is 0.383 e. The monoisotopic (exact) mass is 299 g/mol. The van der Waals surface area contributed by atoms with Crippen LogP contribution in [0.3, 0.4) is 0 Å².